The first-order chi connectivity index (χ1) is 5.79. The van der Waals surface area contributed by atoms with E-state index < -0.39 is 0 Å². The van der Waals surface area contributed by atoms with Crippen molar-refractivity contribution in [1.82, 2.24) is 15.6 Å². The van der Waals surface area contributed by atoms with Gasteiger partial charge in [-0.05, 0) is 12.0 Å². The molecule has 0 fully saturated rings. The number of hydrogen-bond acceptors (Lipinski definition) is 3. The lowest BCUT2D eigenvalue weighted by atomic mass is 10.1. The zero-order valence-corrected chi connectivity index (χ0v) is 7.18. The minimum Gasteiger partial charge on any atom is -0.307 e. The number of nitrogens with zero attached hydrogens (tertiary/aromatic N) is 1. The number of aromatic nitrogens is 2. The summed E-state index contributed by atoms with van der Waals surface area (Å²) in [4.78, 5) is 0. The minimum atomic E-state index is 0.453. The first-order valence-corrected chi connectivity index (χ1v) is 4.05. The molecule has 1 aromatic heterocycles. The smallest absolute Gasteiger partial charge is 0.147 e. The fourth-order valence-electron chi connectivity index (χ4n) is 1.31. The van der Waals surface area contributed by atoms with Crippen LogP contribution in [0.1, 0.15) is 31.0 Å². The molecule has 0 aromatic carbocycles. The Labute approximate surface area is 71.0 Å². The number of anilines is 1. The number of hydrazine groups is 1. The highest BCUT2D eigenvalue weighted by Crippen LogP contribution is 2.25. The molecule has 0 bridgehead atoms. The van der Waals surface area contributed by atoms with Crippen molar-refractivity contribution in [3.63, 3.8) is 0 Å². The summed E-state index contributed by atoms with van der Waals surface area (Å²) in [6.07, 6.45) is 3.88. The van der Waals surface area contributed by atoms with Crippen LogP contribution in [0.25, 0.3) is 6.08 Å². The van der Waals surface area contributed by atoms with Crippen LogP contribution in [-0.4, -0.2) is 10.2 Å². The van der Waals surface area contributed by atoms with Gasteiger partial charge in [-0.25, -0.2) is 0 Å². The Hall–Kier alpha value is -1.45. The maximum atomic E-state index is 4.22. The Bertz CT molecular complexity index is 311. The average Bonchev–Trinajstić information content (AvgIpc) is 2.47. The standard InChI is InChI=1S/C8H12N4/c1-5(2)7-6-3-4-9-11-8(6)12-10-7/h3-5,9H,1-2H3,(H2,10,11,12). The van der Waals surface area contributed by atoms with Crippen molar-refractivity contribution in [3.8, 4) is 0 Å². The molecule has 0 atom stereocenters. The summed E-state index contributed by atoms with van der Waals surface area (Å²) >= 11 is 0. The molecule has 4 nitrogen and oxygen atoms in total. The molecule has 4 heteroatoms. The first kappa shape index (κ1) is 7.21. The third-order valence-electron chi connectivity index (χ3n) is 1.91. The van der Waals surface area contributed by atoms with Crippen LogP contribution in [0.4, 0.5) is 5.82 Å². The van der Waals surface area contributed by atoms with Gasteiger partial charge < -0.3 is 5.43 Å². The van der Waals surface area contributed by atoms with Crippen molar-refractivity contribution >= 4 is 11.9 Å². The van der Waals surface area contributed by atoms with E-state index in [0.717, 1.165) is 17.1 Å². The first-order valence-electron chi connectivity index (χ1n) is 4.05. The minimum absolute atomic E-state index is 0.453. The summed E-state index contributed by atoms with van der Waals surface area (Å²) in [5.74, 6) is 1.40. The molecule has 0 saturated heterocycles. The zero-order valence-electron chi connectivity index (χ0n) is 7.18. The SMILES string of the molecule is CC(C)c1n[nH]c2c1C=CNN2. The lowest BCUT2D eigenvalue weighted by Crippen LogP contribution is -2.18. The maximum Gasteiger partial charge on any atom is 0.147 e. The Morgan fingerprint density at radius 1 is 1.42 bits per heavy atom. The molecule has 2 heterocycles. The van der Waals surface area contributed by atoms with Gasteiger partial charge in [0.15, 0.2) is 0 Å². The van der Waals surface area contributed by atoms with Crippen LogP contribution < -0.4 is 10.9 Å². The summed E-state index contributed by atoms with van der Waals surface area (Å²) in [5, 5.41) is 7.15. The van der Waals surface area contributed by atoms with Crippen LogP contribution in [0.2, 0.25) is 0 Å². The van der Waals surface area contributed by atoms with Crippen LogP contribution in [0.5, 0.6) is 0 Å². The maximum absolute atomic E-state index is 4.22. The molecule has 0 unspecified atom stereocenters. The third-order valence-corrected chi connectivity index (χ3v) is 1.91. The summed E-state index contributed by atoms with van der Waals surface area (Å²) in [6, 6.07) is 0. The van der Waals surface area contributed by atoms with Crippen LogP contribution in [0.15, 0.2) is 6.20 Å². The lowest BCUT2D eigenvalue weighted by molar-refractivity contribution is 0.809. The number of fused-ring (bicyclic) bond motifs is 1. The van der Waals surface area contributed by atoms with E-state index in [2.05, 4.69) is 34.9 Å². The highest BCUT2D eigenvalue weighted by atomic mass is 15.4. The largest absolute Gasteiger partial charge is 0.307 e. The monoisotopic (exact) mass is 164 g/mol. The fourth-order valence-corrected chi connectivity index (χ4v) is 1.31. The predicted octanol–water partition coefficient (Wildman–Crippen LogP) is 1.43. The molecule has 0 aliphatic carbocycles. The van der Waals surface area contributed by atoms with E-state index in [1.165, 1.54) is 0 Å². The van der Waals surface area contributed by atoms with Crippen LogP contribution in [0.3, 0.4) is 0 Å². The highest BCUT2D eigenvalue weighted by Gasteiger charge is 2.14. The van der Waals surface area contributed by atoms with Crippen molar-refractivity contribution in [1.29, 1.82) is 0 Å². The molecule has 3 N–H and O–H groups in total. The van der Waals surface area contributed by atoms with E-state index in [9.17, 15) is 0 Å². The Balaban J connectivity index is 2.47. The van der Waals surface area contributed by atoms with Gasteiger partial charge in [-0.15, -0.1) is 0 Å². The van der Waals surface area contributed by atoms with Gasteiger partial charge in [-0.3, -0.25) is 10.5 Å². The molecule has 12 heavy (non-hydrogen) atoms. The molecule has 1 aliphatic rings. The Morgan fingerprint density at radius 3 is 3.00 bits per heavy atom. The Kier molecular flexibility index (Phi) is 1.53. The van der Waals surface area contributed by atoms with Gasteiger partial charge >= 0.3 is 0 Å². The van der Waals surface area contributed by atoms with E-state index >= 15 is 0 Å². The number of aromatic amines is 1. The van der Waals surface area contributed by atoms with E-state index in [0.29, 0.717) is 5.92 Å². The zero-order chi connectivity index (χ0) is 8.55. The molecule has 0 amide bonds. The molecule has 64 valence electrons. The topological polar surface area (TPSA) is 52.7 Å². The number of rotatable bonds is 1. The second kappa shape index (κ2) is 2.55. The second-order valence-corrected chi connectivity index (χ2v) is 3.15. The van der Waals surface area contributed by atoms with E-state index in [4.69, 9.17) is 0 Å². The molecule has 2 rings (SSSR count). The number of H-pyrrole nitrogens is 1. The predicted molar refractivity (Wildman–Crippen MR) is 48.5 cm³/mol. The average molecular weight is 164 g/mol. The second-order valence-electron chi connectivity index (χ2n) is 3.15. The normalized spacial score (nSPS) is 13.9. The summed E-state index contributed by atoms with van der Waals surface area (Å²) < 4.78 is 0. The van der Waals surface area contributed by atoms with Crippen LogP contribution in [0, 0.1) is 0 Å². The van der Waals surface area contributed by atoms with Crippen molar-refractivity contribution in [2.45, 2.75) is 19.8 Å². The van der Waals surface area contributed by atoms with Gasteiger partial charge in [0.05, 0.1) is 5.69 Å². The Morgan fingerprint density at radius 2 is 2.25 bits per heavy atom. The summed E-state index contributed by atoms with van der Waals surface area (Å²) in [7, 11) is 0. The number of hydrogen-bond donors (Lipinski definition) is 3. The molecule has 0 saturated carbocycles. The van der Waals surface area contributed by atoms with Crippen molar-refractivity contribution < 1.29 is 0 Å². The van der Waals surface area contributed by atoms with Crippen molar-refractivity contribution in [2.75, 3.05) is 5.43 Å². The lowest BCUT2D eigenvalue weighted by Gasteiger charge is -2.10. The summed E-state index contributed by atoms with van der Waals surface area (Å²) in [5.41, 5.74) is 8.14. The fraction of sp³-hybridized carbons (Fsp3) is 0.375. The quantitative estimate of drug-likeness (QED) is 0.588. The molecule has 0 radical (unpaired) electrons. The van der Waals surface area contributed by atoms with Crippen molar-refractivity contribution in [3.05, 3.63) is 17.5 Å². The van der Waals surface area contributed by atoms with E-state index in [-0.39, 0.29) is 0 Å². The molecule has 1 aliphatic heterocycles. The van der Waals surface area contributed by atoms with Gasteiger partial charge in [-0.2, -0.15) is 5.10 Å². The van der Waals surface area contributed by atoms with Crippen LogP contribution in [-0.2, 0) is 0 Å². The van der Waals surface area contributed by atoms with Gasteiger partial charge in [0.25, 0.3) is 0 Å². The van der Waals surface area contributed by atoms with Gasteiger partial charge in [0.2, 0.25) is 0 Å². The van der Waals surface area contributed by atoms with E-state index in [1.807, 2.05) is 12.3 Å². The molecule has 0 spiro atoms. The molecular weight excluding hydrogens is 152 g/mol. The third kappa shape index (κ3) is 0.958. The van der Waals surface area contributed by atoms with E-state index in [1.54, 1.807) is 0 Å². The highest BCUT2D eigenvalue weighted by molar-refractivity contribution is 5.67. The van der Waals surface area contributed by atoms with Crippen molar-refractivity contribution in [2.24, 2.45) is 0 Å². The van der Waals surface area contributed by atoms with Crippen LogP contribution >= 0.6 is 0 Å². The van der Waals surface area contributed by atoms with Gasteiger partial charge in [-0.1, -0.05) is 13.8 Å². The molecule has 1 aromatic rings. The number of nitrogens with one attached hydrogen (secondary N) is 3. The van der Waals surface area contributed by atoms with Gasteiger partial charge in [0.1, 0.15) is 5.82 Å². The molecular formula is C8H12N4. The summed E-state index contributed by atoms with van der Waals surface area (Å²) in [6.45, 7) is 4.26. The van der Waals surface area contributed by atoms with Gasteiger partial charge in [0, 0.05) is 11.8 Å².